The van der Waals surface area contributed by atoms with Crippen LogP contribution in [0.25, 0.3) is 0 Å². The van der Waals surface area contributed by atoms with E-state index < -0.39 is 0 Å². The molecule has 0 saturated heterocycles. The van der Waals surface area contributed by atoms with Crippen molar-refractivity contribution >= 4 is 39.7 Å². The van der Waals surface area contributed by atoms with E-state index in [1.807, 2.05) is 17.5 Å². The van der Waals surface area contributed by atoms with Crippen LogP contribution in [0.1, 0.15) is 27.9 Å². The lowest BCUT2D eigenvalue weighted by Gasteiger charge is -2.03. The number of carbonyl (C=O) groups is 1. The van der Waals surface area contributed by atoms with E-state index in [4.69, 9.17) is 4.74 Å². The van der Waals surface area contributed by atoms with E-state index in [0.717, 1.165) is 33.6 Å². The molecule has 0 fully saturated rings. The summed E-state index contributed by atoms with van der Waals surface area (Å²) < 4.78 is 6.65. The maximum atomic E-state index is 12.0. The fourth-order valence-corrected chi connectivity index (χ4v) is 3.60. The summed E-state index contributed by atoms with van der Waals surface area (Å²) in [5.74, 6) is 1.23. The molecular weight excluding hydrogens is 371 g/mol. The number of ketones is 1. The Bertz CT molecular complexity index is 618. The SMILES string of the molecule is O=C(CCc1ccc2c(c1)CCO2)c1csc(I)c1. The molecule has 1 aromatic carbocycles. The van der Waals surface area contributed by atoms with Crippen molar-refractivity contribution < 1.29 is 9.53 Å². The molecule has 0 N–H and O–H groups in total. The molecule has 4 heteroatoms. The van der Waals surface area contributed by atoms with Crippen LogP contribution < -0.4 is 4.74 Å². The molecule has 1 aliphatic heterocycles. The lowest BCUT2D eigenvalue weighted by Crippen LogP contribution is -1.99. The van der Waals surface area contributed by atoms with Crippen LogP contribution in [0.3, 0.4) is 0 Å². The van der Waals surface area contributed by atoms with E-state index in [-0.39, 0.29) is 5.78 Å². The fraction of sp³-hybridized carbons (Fsp3) is 0.267. The van der Waals surface area contributed by atoms with Crippen molar-refractivity contribution in [2.75, 3.05) is 6.61 Å². The first kappa shape index (κ1) is 13.1. The van der Waals surface area contributed by atoms with Gasteiger partial charge in [0.1, 0.15) is 5.75 Å². The monoisotopic (exact) mass is 384 g/mol. The van der Waals surface area contributed by atoms with Crippen LogP contribution in [0.5, 0.6) is 5.75 Å². The van der Waals surface area contributed by atoms with E-state index in [0.29, 0.717) is 6.42 Å². The number of fused-ring (bicyclic) bond motifs is 1. The van der Waals surface area contributed by atoms with Crippen molar-refractivity contribution in [3.63, 3.8) is 0 Å². The Morgan fingerprint density at radius 2 is 2.26 bits per heavy atom. The lowest BCUT2D eigenvalue weighted by molar-refractivity contribution is 0.0983. The largest absolute Gasteiger partial charge is 0.493 e. The molecule has 2 heterocycles. The molecular formula is C15H13IO2S. The second-order valence-electron chi connectivity index (χ2n) is 4.60. The van der Waals surface area contributed by atoms with Gasteiger partial charge in [-0.1, -0.05) is 12.1 Å². The summed E-state index contributed by atoms with van der Waals surface area (Å²) in [7, 11) is 0. The zero-order valence-corrected chi connectivity index (χ0v) is 13.3. The molecule has 0 atom stereocenters. The Kier molecular flexibility index (Phi) is 3.88. The molecule has 98 valence electrons. The Morgan fingerprint density at radius 3 is 3.05 bits per heavy atom. The molecule has 2 aromatic rings. The second-order valence-corrected chi connectivity index (χ2v) is 7.41. The van der Waals surface area contributed by atoms with Gasteiger partial charge in [-0.15, -0.1) is 11.3 Å². The number of carbonyl (C=O) groups excluding carboxylic acids is 1. The number of thiophene rings is 1. The average Bonchev–Trinajstić information content (AvgIpc) is 3.03. The van der Waals surface area contributed by atoms with Gasteiger partial charge in [0.25, 0.3) is 0 Å². The third kappa shape index (κ3) is 3.00. The summed E-state index contributed by atoms with van der Waals surface area (Å²) in [5.41, 5.74) is 3.34. The van der Waals surface area contributed by atoms with Crippen molar-refractivity contribution in [1.82, 2.24) is 0 Å². The van der Waals surface area contributed by atoms with Crippen molar-refractivity contribution in [2.24, 2.45) is 0 Å². The third-order valence-electron chi connectivity index (χ3n) is 3.28. The molecule has 0 unspecified atom stereocenters. The Balaban J connectivity index is 1.64. The predicted octanol–water partition coefficient (Wildman–Crippen LogP) is 4.10. The van der Waals surface area contributed by atoms with Gasteiger partial charge in [0.15, 0.2) is 5.78 Å². The molecule has 1 aliphatic rings. The van der Waals surface area contributed by atoms with Gasteiger partial charge in [0.05, 0.1) is 9.49 Å². The minimum atomic E-state index is 0.232. The van der Waals surface area contributed by atoms with Crippen molar-refractivity contribution in [3.05, 3.63) is 49.2 Å². The molecule has 0 radical (unpaired) electrons. The highest BCUT2D eigenvalue weighted by Gasteiger charge is 2.13. The maximum absolute atomic E-state index is 12.0. The molecule has 0 aliphatic carbocycles. The normalized spacial score (nSPS) is 13.1. The van der Waals surface area contributed by atoms with Crippen LogP contribution in [0, 0.1) is 2.88 Å². The molecule has 19 heavy (non-hydrogen) atoms. The molecule has 3 rings (SSSR count). The first-order valence-electron chi connectivity index (χ1n) is 6.24. The summed E-state index contributed by atoms with van der Waals surface area (Å²) in [4.78, 5) is 12.0. The fourth-order valence-electron chi connectivity index (χ4n) is 2.25. The summed E-state index contributed by atoms with van der Waals surface area (Å²) in [5, 5.41) is 1.95. The van der Waals surface area contributed by atoms with Crippen LogP contribution in [0.4, 0.5) is 0 Å². The molecule has 1 aromatic heterocycles. The Labute approximate surface area is 129 Å². The van der Waals surface area contributed by atoms with Gasteiger partial charge in [-0.3, -0.25) is 4.79 Å². The number of ether oxygens (including phenoxy) is 1. The standard InChI is InChI=1S/C15H13IO2S/c16-15-8-12(9-19-15)13(17)3-1-10-2-4-14-11(7-10)5-6-18-14/h2,4,7-9H,1,3,5-6H2. The maximum Gasteiger partial charge on any atom is 0.164 e. The number of halogens is 1. The molecule has 0 bridgehead atoms. The predicted molar refractivity (Wildman–Crippen MR) is 85.3 cm³/mol. The van der Waals surface area contributed by atoms with Gasteiger partial charge in [0, 0.05) is 23.8 Å². The lowest BCUT2D eigenvalue weighted by atomic mass is 10.0. The van der Waals surface area contributed by atoms with Crippen molar-refractivity contribution in [2.45, 2.75) is 19.3 Å². The topological polar surface area (TPSA) is 26.3 Å². The smallest absolute Gasteiger partial charge is 0.164 e. The van der Waals surface area contributed by atoms with Crippen LogP contribution in [-0.4, -0.2) is 12.4 Å². The summed E-state index contributed by atoms with van der Waals surface area (Å²) in [6.07, 6.45) is 2.37. The summed E-state index contributed by atoms with van der Waals surface area (Å²) in [6.45, 7) is 0.783. The molecule has 2 nitrogen and oxygen atoms in total. The van der Waals surface area contributed by atoms with Crippen LogP contribution >= 0.6 is 33.9 Å². The van der Waals surface area contributed by atoms with E-state index in [1.54, 1.807) is 11.3 Å². The highest BCUT2D eigenvalue weighted by Crippen LogP contribution is 2.26. The third-order valence-corrected chi connectivity index (χ3v) is 5.07. The van der Waals surface area contributed by atoms with Gasteiger partial charge in [-0.05, 0) is 52.3 Å². The van der Waals surface area contributed by atoms with Crippen molar-refractivity contribution in [1.29, 1.82) is 0 Å². The summed E-state index contributed by atoms with van der Waals surface area (Å²) >= 11 is 3.87. The molecule has 0 saturated carbocycles. The van der Waals surface area contributed by atoms with E-state index in [9.17, 15) is 4.79 Å². The van der Waals surface area contributed by atoms with E-state index in [2.05, 4.69) is 34.7 Å². The van der Waals surface area contributed by atoms with E-state index in [1.165, 1.54) is 11.1 Å². The quantitative estimate of drug-likeness (QED) is 0.586. The van der Waals surface area contributed by atoms with Gasteiger partial charge < -0.3 is 4.74 Å². The molecule has 0 amide bonds. The van der Waals surface area contributed by atoms with Crippen LogP contribution in [0.15, 0.2) is 29.6 Å². The highest BCUT2D eigenvalue weighted by atomic mass is 127. The number of Topliss-reactive ketones (excluding diaryl/α,β-unsaturated/α-hetero) is 1. The minimum absolute atomic E-state index is 0.232. The number of benzene rings is 1. The first-order valence-corrected chi connectivity index (χ1v) is 8.20. The Morgan fingerprint density at radius 1 is 1.37 bits per heavy atom. The number of aryl methyl sites for hydroxylation is 1. The second kappa shape index (κ2) is 5.63. The zero-order chi connectivity index (χ0) is 13.2. The van der Waals surface area contributed by atoms with Gasteiger partial charge in [-0.25, -0.2) is 0 Å². The number of hydrogen-bond acceptors (Lipinski definition) is 3. The Hall–Kier alpha value is -0.880. The number of rotatable bonds is 4. The highest BCUT2D eigenvalue weighted by molar-refractivity contribution is 14.1. The zero-order valence-electron chi connectivity index (χ0n) is 10.3. The first-order chi connectivity index (χ1) is 9.22. The minimum Gasteiger partial charge on any atom is -0.493 e. The summed E-state index contributed by atoms with van der Waals surface area (Å²) in [6, 6.07) is 8.22. The van der Waals surface area contributed by atoms with Crippen LogP contribution in [-0.2, 0) is 12.8 Å². The van der Waals surface area contributed by atoms with Crippen LogP contribution in [0.2, 0.25) is 0 Å². The average molecular weight is 384 g/mol. The van der Waals surface area contributed by atoms with Gasteiger partial charge in [-0.2, -0.15) is 0 Å². The molecule has 0 spiro atoms. The van der Waals surface area contributed by atoms with Crippen molar-refractivity contribution in [3.8, 4) is 5.75 Å². The number of hydrogen-bond donors (Lipinski definition) is 0. The van der Waals surface area contributed by atoms with Gasteiger partial charge >= 0.3 is 0 Å². The van der Waals surface area contributed by atoms with Gasteiger partial charge in [0.2, 0.25) is 0 Å². The van der Waals surface area contributed by atoms with E-state index >= 15 is 0 Å².